The van der Waals surface area contributed by atoms with Gasteiger partial charge >= 0.3 is 5.97 Å². The van der Waals surface area contributed by atoms with E-state index in [1.54, 1.807) is 12.1 Å². The molecular formula is C21H25N5O8. The van der Waals surface area contributed by atoms with Crippen molar-refractivity contribution < 1.29 is 29.6 Å². The predicted octanol–water partition coefficient (Wildman–Crippen LogP) is 1.93. The number of nitrogens with one attached hydrogen (secondary N) is 2. The fraction of sp³-hybridized carbons (Fsp3) is 0.333. The Balaban J connectivity index is 1.81. The molecule has 0 saturated heterocycles. The molecule has 0 bridgehead atoms. The number of nitro groups is 2. The molecule has 2 aromatic carbocycles. The third-order valence-electron chi connectivity index (χ3n) is 4.97. The van der Waals surface area contributed by atoms with Crippen LogP contribution in [0.2, 0.25) is 0 Å². The molecule has 13 nitrogen and oxygen atoms in total. The number of nitro benzene ring substituents is 2. The number of anilines is 1. The van der Waals surface area contributed by atoms with E-state index in [1.165, 1.54) is 18.2 Å². The third-order valence-corrected chi connectivity index (χ3v) is 4.97. The number of benzene rings is 2. The minimum Gasteiger partial charge on any atom is -0.508 e. The molecule has 13 heteroatoms. The lowest BCUT2D eigenvalue weighted by molar-refractivity contribution is -0.393. The van der Waals surface area contributed by atoms with E-state index in [1.807, 2.05) is 0 Å². The molecule has 0 aliphatic rings. The number of carbonyl (C=O) groups excluding carboxylic acids is 1. The number of nitrogens with zero attached hydrogens (tertiary/aromatic N) is 2. The van der Waals surface area contributed by atoms with Gasteiger partial charge in [-0.3, -0.25) is 25.0 Å². The van der Waals surface area contributed by atoms with Crippen LogP contribution in [0.5, 0.6) is 5.75 Å². The number of amides is 1. The summed E-state index contributed by atoms with van der Waals surface area (Å²) in [5.41, 5.74) is 5.81. The monoisotopic (exact) mass is 475 g/mol. The molecular weight excluding hydrogens is 450 g/mol. The number of hydrogen-bond acceptors (Lipinski definition) is 9. The molecule has 0 aliphatic carbocycles. The minimum atomic E-state index is -1.22. The zero-order valence-electron chi connectivity index (χ0n) is 18.0. The van der Waals surface area contributed by atoms with Crippen molar-refractivity contribution in [1.82, 2.24) is 5.32 Å². The lowest BCUT2D eigenvalue weighted by Gasteiger charge is -2.18. The topological polar surface area (TPSA) is 211 Å². The molecule has 2 rings (SSSR count). The van der Waals surface area contributed by atoms with E-state index in [9.17, 15) is 40.0 Å². The van der Waals surface area contributed by atoms with Crippen molar-refractivity contribution in [3.63, 3.8) is 0 Å². The van der Waals surface area contributed by atoms with Gasteiger partial charge in [0.15, 0.2) is 0 Å². The van der Waals surface area contributed by atoms with Crippen LogP contribution in [0, 0.1) is 20.2 Å². The second-order valence-electron chi connectivity index (χ2n) is 7.51. The van der Waals surface area contributed by atoms with Crippen molar-refractivity contribution in [3.8, 4) is 5.75 Å². The van der Waals surface area contributed by atoms with Gasteiger partial charge in [-0.25, -0.2) is 4.79 Å². The summed E-state index contributed by atoms with van der Waals surface area (Å²) in [4.78, 5) is 44.3. The number of carboxylic acids is 1. The molecule has 182 valence electrons. The molecule has 0 radical (unpaired) electrons. The van der Waals surface area contributed by atoms with Crippen LogP contribution in [0.4, 0.5) is 17.1 Å². The maximum absolute atomic E-state index is 12.3. The Bertz CT molecular complexity index is 1040. The summed E-state index contributed by atoms with van der Waals surface area (Å²) in [5, 5.41) is 45.9. The molecule has 0 heterocycles. The Morgan fingerprint density at radius 2 is 1.71 bits per heavy atom. The number of carbonyl (C=O) groups is 2. The number of hydrogen-bond donors (Lipinski definition) is 5. The summed E-state index contributed by atoms with van der Waals surface area (Å²) < 4.78 is 0. The van der Waals surface area contributed by atoms with Gasteiger partial charge in [-0.1, -0.05) is 12.1 Å². The fourth-order valence-electron chi connectivity index (χ4n) is 3.12. The number of aromatic hydroxyl groups is 1. The number of carboxylic acid groups (broad SMARTS) is 1. The second kappa shape index (κ2) is 12.1. The highest BCUT2D eigenvalue weighted by Gasteiger charge is 2.24. The van der Waals surface area contributed by atoms with E-state index in [4.69, 9.17) is 5.73 Å². The van der Waals surface area contributed by atoms with E-state index in [0.717, 1.165) is 12.1 Å². The van der Waals surface area contributed by atoms with Crippen LogP contribution in [0.25, 0.3) is 0 Å². The zero-order valence-corrected chi connectivity index (χ0v) is 18.0. The normalized spacial score (nSPS) is 12.4. The summed E-state index contributed by atoms with van der Waals surface area (Å²) >= 11 is 0. The fourth-order valence-corrected chi connectivity index (χ4v) is 3.12. The van der Waals surface area contributed by atoms with Crippen LogP contribution in [0.3, 0.4) is 0 Å². The van der Waals surface area contributed by atoms with Crippen LogP contribution >= 0.6 is 0 Å². The highest BCUT2D eigenvalue weighted by atomic mass is 16.6. The number of unbranched alkanes of at least 4 members (excludes halogenated alkanes) is 1. The first-order valence-corrected chi connectivity index (χ1v) is 10.3. The largest absolute Gasteiger partial charge is 0.508 e. The van der Waals surface area contributed by atoms with Gasteiger partial charge in [0.25, 0.3) is 11.4 Å². The van der Waals surface area contributed by atoms with Crippen molar-refractivity contribution in [2.24, 2.45) is 5.73 Å². The van der Waals surface area contributed by atoms with Gasteiger partial charge in [0, 0.05) is 19.0 Å². The molecule has 0 aromatic heterocycles. The van der Waals surface area contributed by atoms with Crippen LogP contribution in [-0.2, 0) is 16.0 Å². The molecule has 2 aromatic rings. The summed E-state index contributed by atoms with van der Waals surface area (Å²) in [6.07, 6.45) is 1.23. The smallest absolute Gasteiger partial charge is 0.326 e. The summed E-state index contributed by atoms with van der Waals surface area (Å²) in [5.74, 6) is -1.80. The molecule has 0 spiro atoms. The van der Waals surface area contributed by atoms with E-state index in [2.05, 4.69) is 10.6 Å². The van der Waals surface area contributed by atoms with Gasteiger partial charge in [-0.2, -0.15) is 0 Å². The highest BCUT2D eigenvalue weighted by Crippen LogP contribution is 2.28. The number of non-ortho nitro benzene ring substituents is 1. The van der Waals surface area contributed by atoms with Crippen molar-refractivity contribution in [2.45, 2.75) is 37.8 Å². The van der Waals surface area contributed by atoms with Gasteiger partial charge in [0.2, 0.25) is 5.91 Å². The Morgan fingerprint density at radius 3 is 2.29 bits per heavy atom. The number of rotatable bonds is 13. The molecule has 34 heavy (non-hydrogen) atoms. The Morgan fingerprint density at radius 1 is 1.03 bits per heavy atom. The van der Waals surface area contributed by atoms with Crippen LogP contribution in [-0.4, -0.2) is 50.6 Å². The summed E-state index contributed by atoms with van der Waals surface area (Å²) in [7, 11) is 0. The highest BCUT2D eigenvalue weighted by molar-refractivity contribution is 5.86. The third kappa shape index (κ3) is 7.70. The first kappa shape index (κ1) is 26.0. The summed E-state index contributed by atoms with van der Waals surface area (Å²) in [6.45, 7) is 0.297. The average Bonchev–Trinajstić information content (AvgIpc) is 2.79. The van der Waals surface area contributed by atoms with Gasteiger partial charge < -0.3 is 26.6 Å². The van der Waals surface area contributed by atoms with E-state index in [0.29, 0.717) is 24.9 Å². The Kier molecular flexibility index (Phi) is 9.26. The maximum Gasteiger partial charge on any atom is 0.326 e. The Labute approximate surface area is 193 Å². The summed E-state index contributed by atoms with van der Waals surface area (Å²) in [6, 6.07) is 7.10. The van der Waals surface area contributed by atoms with E-state index >= 15 is 0 Å². The standard InChI is InChI=1S/C21H25N5O8/c22-16(20(28)24-18(21(29)30)11-13-4-7-15(27)8-5-13)3-1-2-10-23-17-9-6-14(25(31)32)12-19(17)26(33)34/h4-9,12,16,18,23,27H,1-3,10-11,22H2,(H,24,28)(H,29,30)/t16-,18+/m1/s1. The molecule has 2 atom stereocenters. The van der Waals surface area contributed by atoms with Crippen molar-refractivity contribution in [3.05, 3.63) is 68.3 Å². The van der Waals surface area contributed by atoms with E-state index in [-0.39, 0.29) is 30.0 Å². The first-order valence-electron chi connectivity index (χ1n) is 10.3. The molecule has 6 N–H and O–H groups in total. The lowest BCUT2D eigenvalue weighted by Crippen LogP contribution is -2.49. The quantitative estimate of drug-likeness (QED) is 0.161. The maximum atomic E-state index is 12.3. The number of nitrogens with two attached hydrogens (primary N) is 1. The lowest BCUT2D eigenvalue weighted by atomic mass is 10.0. The minimum absolute atomic E-state index is 0.0199. The van der Waals surface area contributed by atoms with Gasteiger partial charge in [-0.05, 0) is 43.0 Å². The van der Waals surface area contributed by atoms with E-state index < -0.39 is 39.5 Å². The van der Waals surface area contributed by atoms with Gasteiger partial charge in [0.1, 0.15) is 17.5 Å². The number of phenolic OH excluding ortho intramolecular Hbond substituents is 1. The van der Waals surface area contributed by atoms with Crippen molar-refractivity contribution >= 4 is 28.9 Å². The molecule has 0 unspecified atom stereocenters. The number of aliphatic carboxylic acids is 1. The van der Waals surface area contributed by atoms with Gasteiger partial charge in [0.05, 0.1) is 22.0 Å². The van der Waals surface area contributed by atoms with Crippen molar-refractivity contribution in [2.75, 3.05) is 11.9 Å². The van der Waals surface area contributed by atoms with Crippen LogP contribution in [0.1, 0.15) is 24.8 Å². The second-order valence-corrected chi connectivity index (χ2v) is 7.51. The van der Waals surface area contributed by atoms with Crippen LogP contribution < -0.4 is 16.4 Å². The number of phenols is 1. The molecule has 0 saturated carbocycles. The SMILES string of the molecule is N[C@H](CCCCNc1ccc([N+](=O)[O-])cc1[N+](=O)[O-])C(=O)N[C@@H](Cc1ccc(O)cc1)C(=O)O. The average molecular weight is 475 g/mol. The predicted molar refractivity (Wildman–Crippen MR) is 121 cm³/mol. The Hall–Kier alpha value is -4.26. The zero-order chi connectivity index (χ0) is 25.3. The molecule has 0 aliphatic heterocycles. The van der Waals surface area contributed by atoms with Crippen molar-refractivity contribution in [1.29, 1.82) is 0 Å². The first-order chi connectivity index (χ1) is 16.1. The van der Waals surface area contributed by atoms with Crippen LogP contribution in [0.15, 0.2) is 42.5 Å². The van der Waals surface area contributed by atoms with Gasteiger partial charge in [-0.15, -0.1) is 0 Å². The molecule has 0 fully saturated rings. The molecule has 1 amide bonds.